The molecule has 122 valence electrons. The number of nitrogens with one attached hydrogen (secondary N) is 1. The molecular formula is C14H24F3N3O. The molecule has 1 atom stereocenters. The van der Waals surface area contributed by atoms with Crippen LogP contribution in [0.15, 0.2) is 0 Å². The van der Waals surface area contributed by atoms with Crippen LogP contribution < -0.4 is 5.32 Å². The molecule has 0 fully saturated rings. The van der Waals surface area contributed by atoms with Gasteiger partial charge in [-0.25, -0.2) is 0 Å². The van der Waals surface area contributed by atoms with Crippen molar-refractivity contribution in [3.05, 3.63) is 17.0 Å². The van der Waals surface area contributed by atoms with Crippen LogP contribution in [0.25, 0.3) is 0 Å². The fourth-order valence-corrected chi connectivity index (χ4v) is 2.47. The lowest BCUT2D eigenvalue weighted by Gasteiger charge is -2.13. The summed E-state index contributed by atoms with van der Waals surface area (Å²) in [6.45, 7) is 8.39. The number of rotatable bonds is 8. The van der Waals surface area contributed by atoms with Gasteiger partial charge in [-0.05, 0) is 33.7 Å². The molecule has 0 radical (unpaired) electrons. The summed E-state index contributed by atoms with van der Waals surface area (Å²) in [5.74, 6) is 0. The predicted molar refractivity (Wildman–Crippen MR) is 75.3 cm³/mol. The Hall–Kier alpha value is -1.08. The first kappa shape index (κ1) is 18.0. The average molecular weight is 307 g/mol. The molecule has 0 aliphatic carbocycles. The van der Waals surface area contributed by atoms with Gasteiger partial charge >= 0.3 is 6.18 Å². The molecule has 0 aliphatic rings. The first-order chi connectivity index (χ1) is 9.76. The van der Waals surface area contributed by atoms with Gasteiger partial charge in [-0.1, -0.05) is 6.92 Å². The van der Waals surface area contributed by atoms with Gasteiger partial charge in [-0.2, -0.15) is 18.3 Å². The number of alkyl halides is 3. The molecule has 7 heteroatoms. The van der Waals surface area contributed by atoms with E-state index in [2.05, 4.69) is 22.1 Å². The minimum atomic E-state index is -4.26. The van der Waals surface area contributed by atoms with E-state index < -0.39 is 12.8 Å². The third-order valence-electron chi connectivity index (χ3n) is 3.31. The molecule has 1 heterocycles. The van der Waals surface area contributed by atoms with Crippen molar-refractivity contribution in [2.75, 3.05) is 19.8 Å². The lowest BCUT2D eigenvalue weighted by atomic mass is 10.1. The van der Waals surface area contributed by atoms with Crippen LogP contribution in [-0.4, -0.2) is 35.7 Å². The zero-order valence-corrected chi connectivity index (χ0v) is 13.0. The average Bonchev–Trinajstić information content (AvgIpc) is 2.63. The van der Waals surface area contributed by atoms with Crippen molar-refractivity contribution in [1.82, 2.24) is 15.1 Å². The van der Waals surface area contributed by atoms with E-state index >= 15 is 0 Å². The summed E-state index contributed by atoms with van der Waals surface area (Å²) in [6, 6.07) is 0.213. The van der Waals surface area contributed by atoms with Gasteiger partial charge in [0.15, 0.2) is 0 Å². The molecule has 0 aromatic carbocycles. The SMILES string of the molecule is CCNC(C)c1c(C)nn(CCCOCC(F)(F)F)c1C. The van der Waals surface area contributed by atoms with Crippen molar-refractivity contribution in [2.45, 2.75) is 52.9 Å². The van der Waals surface area contributed by atoms with Crippen LogP contribution in [0.3, 0.4) is 0 Å². The van der Waals surface area contributed by atoms with Crippen LogP contribution in [0.4, 0.5) is 13.2 Å². The minimum Gasteiger partial charge on any atom is -0.372 e. The van der Waals surface area contributed by atoms with Crippen molar-refractivity contribution >= 4 is 0 Å². The van der Waals surface area contributed by atoms with Crippen molar-refractivity contribution in [2.24, 2.45) is 0 Å². The fraction of sp³-hybridized carbons (Fsp3) is 0.786. The lowest BCUT2D eigenvalue weighted by molar-refractivity contribution is -0.174. The van der Waals surface area contributed by atoms with Crippen LogP contribution in [0.1, 0.15) is 43.3 Å². The highest BCUT2D eigenvalue weighted by atomic mass is 19.4. The molecule has 0 saturated carbocycles. The highest BCUT2D eigenvalue weighted by Gasteiger charge is 2.27. The van der Waals surface area contributed by atoms with Gasteiger partial charge in [0.25, 0.3) is 0 Å². The maximum absolute atomic E-state index is 11.9. The number of halogens is 3. The molecule has 21 heavy (non-hydrogen) atoms. The smallest absolute Gasteiger partial charge is 0.372 e. The van der Waals surface area contributed by atoms with Crippen molar-refractivity contribution < 1.29 is 17.9 Å². The number of aryl methyl sites for hydroxylation is 2. The third-order valence-corrected chi connectivity index (χ3v) is 3.31. The summed E-state index contributed by atoms with van der Waals surface area (Å²) in [7, 11) is 0. The topological polar surface area (TPSA) is 39.1 Å². The molecule has 0 amide bonds. The Labute approximate surface area is 123 Å². The summed E-state index contributed by atoms with van der Waals surface area (Å²) in [5, 5.41) is 7.81. The molecule has 1 rings (SSSR count). The number of ether oxygens (including phenoxy) is 1. The Morgan fingerprint density at radius 3 is 2.57 bits per heavy atom. The van der Waals surface area contributed by atoms with Gasteiger partial charge in [0, 0.05) is 30.5 Å². The zero-order chi connectivity index (χ0) is 16.0. The monoisotopic (exact) mass is 307 g/mol. The molecule has 4 nitrogen and oxygen atoms in total. The van der Waals surface area contributed by atoms with Crippen LogP contribution in [0.2, 0.25) is 0 Å². The van der Waals surface area contributed by atoms with E-state index in [4.69, 9.17) is 0 Å². The molecule has 1 aromatic heterocycles. The van der Waals surface area contributed by atoms with Crippen LogP contribution in [0.5, 0.6) is 0 Å². The Balaban J connectivity index is 2.51. The second-order valence-electron chi connectivity index (χ2n) is 5.11. The second kappa shape index (κ2) is 7.79. The first-order valence-corrected chi connectivity index (χ1v) is 7.18. The second-order valence-corrected chi connectivity index (χ2v) is 5.11. The first-order valence-electron chi connectivity index (χ1n) is 7.18. The van der Waals surface area contributed by atoms with Crippen molar-refractivity contribution in [3.63, 3.8) is 0 Å². The van der Waals surface area contributed by atoms with Crippen LogP contribution >= 0.6 is 0 Å². The Morgan fingerprint density at radius 1 is 1.33 bits per heavy atom. The number of nitrogens with zero attached hydrogens (tertiary/aromatic N) is 2. The Kier molecular flexibility index (Phi) is 6.67. The van der Waals surface area contributed by atoms with Gasteiger partial charge < -0.3 is 10.1 Å². The minimum absolute atomic E-state index is 0.0793. The summed E-state index contributed by atoms with van der Waals surface area (Å²) >= 11 is 0. The Morgan fingerprint density at radius 2 is 2.00 bits per heavy atom. The van der Waals surface area contributed by atoms with E-state index in [-0.39, 0.29) is 12.6 Å². The molecule has 0 bridgehead atoms. The third kappa shape index (κ3) is 5.67. The quantitative estimate of drug-likeness (QED) is 0.750. The number of hydrogen-bond donors (Lipinski definition) is 1. The Bertz CT molecular complexity index is 443. The summed E-state index contributed by atoms with van der Waals surface area (Å²) in [4.78, 5) is 0. The van der Waals surface area contributed by atoms with Crippen LogP contribution in [-0.2, 0) is 11.3 Å². The maximum atomic E-state index is 11.9. The van der Waals surface area contributed by atoms with Crippen LogP contribution in [0, 0.1) is 13.8 Å². The number of hydrogen-bond acceptors (Lipinski definition) is 3. The molecule has 1 aromatic rings. The van der Waals surface area contributed by atoms with Crippen molar-refractivity contribution in [3.8, 4) is 0 Å². The van der Waals surface area contributed by atoms with E-state index in [1.54, 1.807) is 0 Å². The molecular weight excluding hydrogens is 283 g/mol. The standard InChI is InChI=1S/C14H24F3N3O/c1-5-18-10(2)13-11(3)19-20(12(13)4)7-6-8-21-9-14(15,16)17/h10,18H,5-9H2,1-4H3. The van der Waals surface area contributed by atoms with Gasteiger partial charge in [-0.3, -0.25) is 4.68 Å². The molecule has 0 spiro atoms. The van der Waals surface area contributed by atoms with E-state index in [9.17, 15) is 13.2 Å². The summed E-state index contributed by atoms with van der Waals surface area (Å²) in [5.41, 5.74) is 3.17. The molecule has 1 unspecified atom stereocenters. The van der Waals surface area contributed by atoms with Gasteiger partial charge in [0.05, 0.1) is 5.69 Å². The van der Waals surface area contributed by atoms with Gasteiger partial charge in [-0.15, -0.1) is 0 Å². The fourth-order valence-electron chi connectivity index (χ4n) is 2.47. The van der Waals surface area contributed by atoms with E-state index in [0.717, 1.165) is 23.5 Å². The van der Waals surface area contributed by atoms with Crippen molar-refractivity contribution in [1.29, 1.82) is 0 Å². The summed E-state index contributed by atoms with van der Waals surface area (Å²) in [6.07, 6.45) is -3.75. The van der Waals surface area contributed by atoms with Gasteiger partial charge in [0.1, 0.15) is 6.61 Å². The molecule has 0 aliphatic heterocycles. The van der Waals surface area contributed by atoms with E-state index in [0.29, 0.717) is 13.0 Å². The zero-order valence-electron chi connectivity index (χ0n) is 13.0. The normalized spacial score (nSPS) is 13.7. The van der Waals surface area contributed by atoms with E-state index in [1.165, 1.54) is 0 Å². The lowest BCUT2D eigenvalue weighted by Crippen LogP contribution is -2.19. The predicted octanol–water partition coefficient (Wildman–Crippen LogP) is 3.14. The highest BCUT2D eigenvalue weighted by Crippen LogP contribution is 2.21. The van der Waals surface area contributed by atoms with E-state index in [1.807, 2.05) is 25.5 Å². The maximum Gasteiger partial charge on any atom is 0.411 e. The summed E-state index contributed by atoms with van der Waals surface area (Å²) < 4.78 is 42.3. The number of aromatic nitrogens is 2. The largest absolute Gasteiger partial charge is 0.411 e. The molecule has 0 saturated heterocycles. The molecule has 1 N–H and O–H groups in total. The van der Waals surface area contributed by atoms with Gasteiger partial charge in [0.2, 0.25) is 0 Å². The highest BCUT2D eigenvalue weighted by molar-refractivity contribution is 5.27.